The lowest BCUT2D eigenvalue weighted by Crippen LogP contribution is -2.44. The van der Waals surface area contributed by atoms with Crippen molar-refractivity contribution in [3.63, 3.8) is 0 Å². The van der Waals surface area contributed by atoms with E-state index in [0.29, 0.717) is 39.0 Å². The minimum Gasteiger partial charge on any atom is -0.393 e. The Morgan fingerprint density at radius 2 is 2.13 bits per heavy atom. The Morgan fingerprint density at radius 3 is 2.87 bits per heavy atom. The summed E-state index contributed by atoms with van der Waals surface area (Å²) in [5.74, 6) is 0.130. The molecule has 0 bridgehead atoms. The first-order valence-corrected chi connectivity index (χ1v) is 8.11. The summed E-state index contributed by atoms with van der Waals surface area (Å²) < 4.78 is 2.08. The normalized spacial score (nSPS) is 16.4. The molecule has 0 unspecified atom stereocenters. The van der Waals surface area contributed by atoms with Crippen molar-refractivity contribution in [1.82, 2.24) is 19.2 Å². The molecule has 0 spiro atoms. The topological polar surface area (TPSA) is 61.1 Å². The number of aryl methyl sites for hydroxylation is 1. The third kappa shape index (κ3) is 3.54. The van der Waals surface area contributed by atoms with Crippen molar-refractivity contribution in [2.75, 3.05) is 26.7 Å². The fourth-order valence-corrected chi connectivity index (χ4v) is 3.11. The number of piperidine rings is 1. The first-order valence-electron chi connectivity index (χ1n) is 8.11. The smallest absolute Gasteiger partial charge is 0.236 e. The van der Waals surface area contributed by atoms with Crippen molar-refractivity contribution >= 4 is 11.6 Å². The summed E-state index contributed by atoms with van der Waals surface area (Å²) in [4.78, 5) is 20.8. The molecule has 2 aromatic heterocycles. The average Bonchev–Trinajstić information content (AvgIpc) is 2.84. The lowest BCUT2D eigenvalue weighted by molar-refractivity contribution is -0.134. The third-order valence-electron chi connectivity index (χ3n) is 4.47. The van der Waals surface area contributed by atoms with Crippen molar-refractivity contribution in [1.29, 1.82) is 0 Å². The third-order valence-corrected chi connectivity index (χ3v) is 4.47. The highest BCUT2D eigenvalue weighted by Gasteiger charge is 2.22. The number of pyridine rings is 1. The van der Waals surface area contributed by atoms with E-state index in [2.05, 4.69) is 9.38 Å². The van der Waals surface area contributed by atoms with Crippen LogP contribution < -0.4 is 0 Å². The standard InChI is InChI=1S/C17H24N4O2/c1-13-15(21-8-4-3-5-16(21)18-13)11-19(2)12-17(23)20-9-6-14(22)7-10-20/h3-5,8,14,22H,6-7,9-12H2,1-2H3. The molecule has 2 aromatic rings. The largest absolute Gasteiger partial charge is 0.393 e. The zero-order valence-corrected chi connectivity index (χ0v) is 13.8. The molecule has 0 atom stereocenters. The summed E-state index contributed by atoms with van der Waals surface area (Å²) in [6.07, 6.45) is 3.12. The molecular formula is C17H24N4O2. The maximum Gasteiger partial charge on any atom is 0.236 e. The second-order valence-electron chi connectivity index (χ2n) is 6.36. The van der Waals surface area contributed by atoms with Crippen LogP contribution in [0.3, 0.4) is 0 Å². The van der Waals surface area contributed by atoms with Gasteiger partial charge in [-0.3, -0.25) is 9.69 Å². The summed E-state index contributed by atoms with van der Waals surface area (Å²) in [5, 5.41) is 9.53. The van der Waals surface area contributed by atoms with E-state index in [4.69, 9.17) is 0 Å². The van der Waals surface area contributed by atoms with Gasteiger partial charge in [-0.1, -0.05) is 6.07 Å². The molecule has 6 nitrogen and oxygen atoms in total. The van der Waals surface area contributed by atoms with Crippen molar-refractivity contribution in [2.24, 2.45) is 0 Å². The van der Waals surface area contributed by atoms with E-state index in [1.165, 1.54) is 0 Å². The summed E-state index contributed by atoms with van der Waals surface area (Å²) in [6, 6.07) is 5.95. The van der Waals surface area contributed by atoms with Gasteiger partial charge in [0.05, 0.1) is 24.0 Å². The van der Waals surface area contributed by atoms with Gasteiger partial charge >= 0.3 is 0 Å². The number of hydrogen-bond donors (Lipinski definition) is 1. The quantitative estimate of drug-likeness (QED) is 0.916. The monoisotopic (exact) mass is 316 g/mol. The molecule has 23 heavy (non-hydrogen) atoms. The van der Waals surface area contributed by atoms with E-state index in [0.717, 1.165) is 17.0 Å². The van der Waals surface area contributed by atoms with Crippen LogP contribution >= 0.6 is 0 Å². The maximum absolute atomic E-state index is 12.4. The van der Waals surface area contributed by atoms with Crippen LogP contribution in [0.5, 0.6) is 0 Å². The molecule has 0 saturated carbocycles. The lowest BCUT2D eigenvalue weighted by atomic mass is 10.1. The number of hydrogen-bond acceptors (Lipinski definition) is 4. The number of likely N-dealkylation sites (N-methyl/N-ethyl adjacent to an activating group) is 1. The van der Waals surface area contributed by atoms with Gasteiger partial charge in [0, 0.05) is 25.8 Å². The predicted octanol–water partition coefficient (Wildman–Crippen LogP) is 1.06. The van der Waals surface area contributed by atoms with E-state index >= 15 is 0 Å². The molecular weight excluding hydrogens is 292 g/mol. The van der Waals surface area contributed by atoms with E-state index in [9.17, 15) is 9.90 Å². The Kier molecular flexibility index (Phi) is 4.63. The minimum atomic E-state index is -0.252. The zero-order chi connectivity index (χ0) is 16.4. The Bertz CT molecular complexity index is 689. The highest BCUT2D eigenvalue weighted by atomic mass is 16.3. The number of rotatable bonds is 4. The molecule has 124 valence electrons. The first kappa shape index (κ1) is 16.0. The number of likely N-dealkylation sites (tertiary alicyclic amines) is 1. The molecule has 0 aromatic carbocycles. The average molecular weight is 316 g/mol. The Hall–Kier alpha value is -1.92. The van der Waals surface area contributed by atoms with Crippen LogP contribution in [0.1, 0.15) is 24.2 Å². The van der Waals surface area contributed by atoms with Gasteiger partial charge in [-0.2, -0.15) is 0 Å². The highest BCUT2D eigenvalue weighted by Crippen LogP contribution is 2.14. The molecule has 3 heterocycles. The molecule has 1 aliphatic heterocycles. The van der Waals surface area contributed by atoms with E-state index in [1.807, 2.05) is 48.2 Å². The fraction of sp³-hybridized carbons (Fsp3) is 0.529. The fourth-order valence-electron chi connectivity index (χ4n) is 3.11. The van der Waals surface area contributed by atoms with Crippen molar-refractivity contribution in [3.8, 4) is 0 Å². The van der Waals surface area contributed by atoms with Crippen LogP contribution in [-0.4, -0.2) is 63.0 Å². The van der Waals surface area contributed by atoms with Crippen LogP contribution in [0.15, 0.2) is 24.4 Å². The van der Waals surface area contributed by atoms with Crippen LogP contribution in [0.25, 0.3) is 5.65 Å². The van der Waals surface area contributed by atoms with Crippen LogP contribution in [-0.2, 0) is 11.3 Å². The lowest BCUT2D eigenvalue weighted by Gasteiger charge is -2.31. The molecule has 6 heteroatoms. The summed E-state index contributed by atoms with van der Waals surface area (Å²) >= 11 is 0. The second-order valence-corrected chi connectivity index (χ2v) is 6.36. The number of carbonyl (C=O) groups excluding carboxylic acids is 1. The van der Waals surface area contributed by atoms with Crippen molar-refractivity contribution in [2.45, 2.75) is 32.4 Å². The van der Waals surface area contributed by atoms with Gasteiger partial charge in [-0.05, 0) is 38.9 Å². The number of aromatic nitrogens is 2. The number of aliphatic hydroxyl groups excluding tert-OH is 1. The van der Waals surface area contributed by atoms with E-state index in [1.54, 1.807) is 0 Å². The Balaban J connectivity index is 1.63. The first-order chi connectivity index (χ1) is 11.0. The molecule has 0 aliphatic carbocycles. The summed E-state index contributed by atoms with van der Waals surface area (Å²) in [5.41, 5.74) is 3.05. The van der Waals surface area contributed by atoms with Crippen LogP contribution in [0.4, 0.5) is 0 Å². The Labute approximate surface area is 136 Å². The Morgan fingerprint density at radius 1 is 1.39 bits per heavy atom. The van der Waals surface area contributed by atoms with E-state index < -0.39 is 0 Å². The van der Waals surface area contributed by atoms with E-state index in [-0.39, 0.29) is 12.0 Å². The molecule has 1 aliphatic rings. The van der Waals surface area contributed by atoms with Crippen LogP contribution in [0, 0.1) is 6.92 Å². The van der Waals surface area contributed by atoms with Gasteiger partial charge in [0.15, 0.2) is 0 Å². The number of aliphatic hydroxyl groups is 1. The van der Waals surface area contributed by atoms with Gasteiger partial charge in [0.1, 0.15) is 5.65 Å². The van der Waals surface area contributed by atoms with Crippen LogP contribution in [0.2, 0.25) is 0 Å². The molecule has 1 saturated heterocycles. The molecule has 1 N–H and O–H groups in total. The zero-order valence-electron chi connectivity index (χ0n) is 13.8. The summed E-state index contributed by atoms with van der Waals surface area (Å²) in [7, 11) is 1.96. The molecule has 1 fully saturated rings. The van der Waals surface area contributed by atoms with Gasteiger partial charge < -0.3 is 14.4 Å². The number of fused-ring (bicyclic) bond motifs is 1. The van der Waals surface area contributed by atoms with Gasteiger partial charge in [-0.25, -0.2) is 4.98 Å². The highest BCUT2D eigenvalue weighted by molar-refractivity contribution is 5.78. The molecule has 0 radical (unpaired) electrons. The maximum atomic E-state index is 12.4. The summed E-state index contributed by atoms with van der Waals surface area (Å²) in [6.45, 7) is 4.38. The van der Waals surface area contributed by atoms with Gasteiger partial charge in [0.25, 0.3) is 0 Å². The second kappa shape index (κ2) is 6.68. The van der Waals surface area contributed by atoms with Gasteiger partial charge in [-0.15, -0.1) is 0 Å². The number of nitrogens with zero attached hydrogens (tertiary/aromatic N) is 4. The SMILES string of the molecule is Cc1nc2ccccn2c1CN(C)CC(=O)N1CCC(O)CC1. The predicted molar refractivity (Wildman–Crippen MR) is 88.1 cm³/mol. The molecule has 3 rings (SSSR count). The number of amides is 1. The molecule has 1 amide bonds. The van der Waals surface area contributed by atoms with Crippen molar-refractivity contribution in [3.05, 3.63) is 35.8 Å². The minimum absolute atomic E-state index is 0.130. The number of carbonyl (C=O) groups is 1. The van der Waals surface area contributed by atoms with Gasteiger partial charge in [0.2, 0.25) is 5.91 Å². The number of imidazole rings is 1. The van der Waals surface area contributed by atoms with Crippen molar-refractivity contribution < 1.29 is 9.90 Å².